The van der Waals surface area contributed by atoms with Gasteiger partial charge in [0.15, 0.2) is 0 Å². The molecule has 3 aromatic carbocycles. The third-order valence-corrected chi connectivity index (χ3v) is 6.91. The molecule has 0 atom stereocenters. The van der Waals surface area contributed by atoms with Crippen LogP contribution in [-0.2, 0) is 14.8 Å². The molecule has 0 radical (unpaired) electrons. The Morgan fingerprint density at radius 1 is 0.917 bits per heavy atom. The highest BCUT2D eigenvalue weighted by Crippen LogP contribution is 2.35. The molecule has 0 heterocycles. The third-order valence-electron chi connectivity index (χ3n) is 5.14. The van der Waals surface area contributed by atoms with Crippen molar-refractivity contribution in [1.82, 2.24) is 5.32 Å². The molecule has 0 bridgehead atoms. The zero-order valence-electron chi connectivity index (χ0n) is 20.5. The lowest BCUT2D eigenvalue weighted by molar-refractivity contribution is -0.114. The van der Waals surface area contributed by atoms with E-state index < -0.39 is 22.5 Å². The molecule has 0 saturated carbocycles. The van der Waals surface area contributed by atoms with Crippen molar-refractivity contribution in [3.05, 3.63) is 78.4 Å². The number of rotatable bonds is 10. The molecule has 0 aliphatic heterocycles. The monoisotopic (exact) mass is 511 g/mol. The minimum atomic E-state index is -4.18. The molecule has 0 aliphatic rings. The third kappa shape index (κ3) is 6.14. The van der Waals surface area contributed by atoms with Crippen molar-refractivity contribution in [3.8, 4) is 11.5 Å². The van der Waals surface area contributed by atoms with Gasteiger partial charge in [0, 0.05) is 12.1 Å². The fourth-order valence-electron chi connectivity index (χ4n) is 3.46. The molecule has 3 aromatic rings. The van der Waals surface area contributed by atoms with Gasteiger partial charge in [0.1, 0.15) is 18.0 Å². The minimum absolute atomic E-state index is 0.000570. The first-order valence-electron chi connectivity index (χ1n) is 11.2. The minimum Gasteiger partial charge on any atom is -0.497 e. The quantitative estimate of drug-likeness (QED) is 0.429. The van der Waals surface area contributed by atoms with Crippen molar-refractivity contribution >= 4 is 33.2 Å². The van der Waals surface area contributed by atoms with E-state index >= 15 is 0 Å². The number of amides is 2. The molecule has 0 fully saturated rings. The van der Waals surface area contributed by atoms with Gasteiger partial charge < -0.3 is 20.1 Å². The number of nitrogens with zero attached hydrogens (tertiary/aromatic N) is 1. The molecule has 2 amide bonds. The Balaban J connectivity index is 2.01. The van der Waals surface area contributed by atoms with E-state index in [1.54, 1.807) is 54.6 Å². The second-order valence-electron chi connectivity index (χ2n) is 8.08. The van der Waals surface area contributed by atoms with Crippen LogP contribution in [0.25, 0.3) is 0 Å². The molecule has 0 unspecified atom stereocenters. The second-order valence-corrected chi connectivity index (χ2v) is 9.95. The van der Waals surface area contributed by atoms with E-state index in [2.05, 4.69) is 10.6 Å². The van der Waals surface area contributed by atoms with Crippen LogP contribution in [-0.4, -0.2) is 47.0 Å². The number of benzene rings is 3. The molecule has 0 spiro atoms. The van der Waals surface area contributed by atoms with Gasteiger partial charge in [-0.2, -0.15) is 0 Å². The molecule has 9 nitrogen and oxygen atoms in total. The van der Waals surface area contributed by atoms with E-state index in [9.17, 15) is 18.0 Å². The van der Waals surface area contributed by atoms with Gasteiger partial charge in [-0.25, -0.2) is 8.42 Å². The van der Waals surface area contributed by atoms with Gasteiger partial charge in [-0.15, -0.1) is 0 Å². The number of sulfonamides is 1. The topological polar surface area (TPSA) is 114 Å². The molecule has 0 saturated heterocycles. The second kappa shape index (κ2) is 11.6. The summed E-state index contributed by atoms with van der Waals surface area (Å²) in [6.07, 6.45) is 0. The van der Waals surface area contributed by atoms with Gasteiger partial charge >= 0.3 is 0 Å². The van der Waals surface area contributed by atoms with Crippen LogP contribution in [0.5, 0.6) is 11.5 Å². The van der Waals surface area contributed by atoms with Crippen LogP contribution >= 0.6 is 0 Å². The number of hydrogen-bond donors (Lipinski definition) is 2. The van der Waals surface area contributed by atoms with Gasteiger partial charge in [-0.05, 0) is 50.2 Å². The first-order valence-corrected chi connectivity index (χ1v) is 12.6. The van der Waals surface area contributed by atoms with E-state index in [4.69, 9.17) is 9.47 Å². The van der Waals surface area contributed by atoms with Gasteiger partial charge in [0.25, 0.3) is 15.9 Å². The van der Waals surface area contributed by atoms with E-state index in [1.807, 2.05) is 13.8 Å². The van der Waals surface area contributed by atoms with Crippen LogP contribution in [0.4, 0.5) is 11.4 Å². The highest BCUT2D eigenvalue weighted by Gasteiger charge is 2.30. The number of methoxy groups -OCH3 is 2. The van der Waals surface area contributed by atoms with Crippen LogP contribution < -0.4 is 24.4 Å². The van der Waals surface area contributed by atoms with Crippen LogP contribution in [0.15, 0.2) is 77.7 Å². The predicted octanol–water partition coefficient (Wildman–Crippen LogP) is 3.68. The Hall–Kier alpha value is -4.05. The summed E-state index contributed by atoms with van der Waals surface area (Å²) in [6.45, 7) is 3.07. The summed E-state index contributed by atoms with van der Waals surface area (Å²) in [5, 5.41) is 5.46. The molecule has 0 aliphatic carbocycles. The number of anilines is 2. The van der Waals surface area contributed by atoms with Crippen molar-refractivity contribution in [2.75, 3.05) is 30.4 Å². The van der Waals surface area contributed by atoms with Crippen LogP contribution in [0.1, 0.15) is 24.2 Å². The van der Waals surface area contributed by atoms with Crippen molar-refractivity contribution in [1.29, 1.82) is 0 Å². The molecule has 190 valence electrons. The number of carbonyl (C=O) groups excluding carboxylic acids is 2. The van der Waals surface area contributed by atoms with Crippen LogP contribution in [0.3, 0.4) is 0 Å². The maximum absolute atomic E-state index is 13.7. The van der Waals surface area contributed by atoms with Gasteiger partial charge in [-0.1, -0.05) is 30.3 Å². The number of carbonyl (C=O) groups is 2. The maximum atomic E-state index is 13.7. The summed E-state index contributed by atoms with van der Waals surface area (Å²) in [6, 6.07) is 18.8. The molecule has 3 rings (SSSR count). The zero-order chi connectivity index (χ0) is 26.3. The average molecular weight is 512 g/mol. The van der Waals surface area contributed by atoms with Crippen molar-refractivity contribution in [2.45, 2.75) is 24.8 Å². The Bertz CT molecular complexity index is 1330. The van der Waals surface area contributed by atoms with E-state index in [0.717, 1.165) is 4.31 Å². The zero-order valence-corrected chi connectivity index (χ0v) is 21.3. The number of ether oxygens (including phenoxy) is 2. The largest absolute Gasteiger partial charge is 0.497 e. The molecule has 10 heteroatoms. The Morgan fingerprint density at radius 2 is 1.58 bits per heavy atom. The fraction of sp³-hybridized carbons (Fsp3) is 0.231. The number of para-hydroxylation sites is 1. The summed E-state index contributed by atoms with van der Waals surface area (Å²) >= 11 is 0. The summed E-state index contributed by atoms with van der Waals surface area (Å²) in [4.78, 5) is 25.8. The maximum Gasteiger partial charge on any atom is 0.264 e. The average Bonchev–Trinajstić information content (AvgIpc) is 2.87. The van der Waals surface area contributed by atoms with Crippen molar-refractivity contribution in [2.24, 2.45) is 0 Å². The Kier molecular flexibility index (Phi) is 8.55. The van der Waals surface area contributed by atoms with E-state index in [0.29, 0.717) is 5.75 Å². The highest BCUT2D eigenvalue weighted by atomic mass is 32.2. The standard InChI is InChI=1S/C26H29N3O6S/c1-18(2)27-26(31)21-12-8-9-13-22(21)28-25(30)17-29(36(32,33)20-10-6-5-7-11-20)23-16-19(34-3)14-15-24(23)35-4/h5-16,18H,17H2,1-4H3,(H,27,31)(H,28,30). The Labute approximate surface area is 211 Å². The predicted molar refractivity (Wildman–Crippen MR) is 138 cm³/mol. The smallest absolute Gasteiger partial charge is 0.264 e. The molecule has 2 N–H and O–H groups in total. The van der Waals surface area contributed by atoms with E-state index in [1.165, 1.54) is 32.4 Å². The first-order chi connectivity index (χ1) is 17.2. The fourth-order valence-corrected chi connectivity index (χ4v) is 4.91. The first kappa shape index (κ1) is 26.6. The lowest BCUT2D eigenvalue weighted by Gasteiger charge is -2.26. The van der Waals surface area contributed by atoms with Gasteiger partial charge in [0.05, 0.1) is 36.1 Å². The number of nitrogens with one attached hydrogen (secondary N) is 2. The summed E-state index contributed by atoms with van der Waals surface area (Å²) in [5.74, 6) is -0.386. The number of hydrogen-bond acceptors (Lipinski definition) is 6. The lowest BCUT2D eigenvalue weighted by Crippen LogP contribution is -2.39. The molecular formula is C26H29N3O6S. The highest BCUT2D eigenvalue weighted by molar-refractivity contribution is 7.92. The molecule has 0 aromatic heterocycles. The SMILES string of the molecule is COc1ccc(OC)c(N(CC(=O)Nc2ccccc2C(=O)NC(C)C)S(=O)(=O)c2ccccc2)c1. The summed E-state index contributed by atoms with van der Waals surface area (Å²) in [5.41, 5.74) is 0.646. The normalized spacial score (nSPS) is 11.0. The summed E-state index contributed by atoms with van der Waals surface area (Å²) in [7, 11) is -1.33. The van der Waals surface area contributed by atoms with Crippen LogP contribution in [0.2, 0.25) is 0 Å². The van der Waals surface area contributed by atoms with Gasteiger partial charge in [0.2, 0.25) is 5.91 Å². The lowest BCUT2D eigenvalue weighted by atomic mass is 10.1. The summed E-state index contributed by atoms with van der Waals surface area (Å²) < 4.78 is 39.0. The Morgan fingerprint density at radius 3 is 2.22 bits per heavy atom. The molecular weight excluding hydrogens is 482 g/mol. The molecule has 36 heavy (non-hydrogen) atoms. The van der Waals surface area contributed by atoms with Gasteiger partial charge in [-0.3, -0.25) is 13.9 Å². The van der Waals surface area contributed by atoms with Crippen molar-refractivity contribution in [3.63, 3.8) is 0 Å². The van der Waals surface area contributed by atoms with Crippen molar-refractivity contribution < 1.29 is 27.5 Å². The van der Waals surface area contributed by atoms with Crippen LogP contribution in [0, 0.1) is 0 Å². The van der Waals surface area contributed by atoms with E-state index in [-0.39, 0.29) is 39.5 Å².